The van der Waals surface area contributed by atoms with Crippen molar-refractivity contribution in [2.75, 3.05) is 0 Å². The second kappa shape index (κ2) is 7.15. The summed E-state index contributed by atoms with van der Waals surface area (Å²) >= 11 is 0. The van der Waals surface area contributed by atoms with Gasteiger partial charge >= 0.3 is 17.9 Å². The lowest BCUT2D eigenvalue weighted by Gasteiger charge is -2.23. The van der Waals surface area contributed by atoms with E-state index in [9.17, 15) is 19.2 Å². The molecule has 12 heteroatoms. The average Bonchev–Trinajstić information content (AvgIpc) is 3.11. The Labute approximate surface area is 151 Å². The molecule has 1 fully saturated rings. The molecule has 1 aliphatic heterocycles. The van der Waals surface area contributed by atoms with Crippen LogP contribution in [0.1, 0.15) is 27.0 Å². The fourth-order valence-corrected chi connectivity index (χ4v) is 2.77. The second-order valence-corrected chi connectivity index (χ2v) is 5.71. The standard InChI is InChI=1S/C15H16N4O8/c1-6(20)24-10-11(25-7(2)21)15(26-8(3)22)27-14(10)19-5-18-9-12(19)16-4-17-13(9)23/h4-5,10-11,14-15H,1-3H3,(H,16,17,23)/t10-,11+,14-,15+/m0/s1. The summed E-state index contributed by atoms with van der Waals surface area (Å²) in [5, 5.41) is 0. The molecule has 0 saturated carbocycles. The third kappa shape index (κ3) is 3.65. The fraction of sp³-hybridized carbons (Fsp3) is 0.467. The topological polar surface area (TPSA) is 152 Å². The number of carbonyl (C=O) groups is 3. The lowest BCUT2D eigenvalue weighted by molar-refractivity contribution is -0.198. The number of imidazole rings is 1. The summed E-state index contributed by atoms with van der Waals surface area (Å²) in [7, 11) is 0. The lowest BCUT2D eigenvalue weighted by atomic mass is 10.2. The molecule has 2 aromatic rings. The fourth-order valence-electron chi connectivity index (χ4n) is 2.77. The largest absolute Gasteiger partial charge is 0.453 e. The molecule has 3 rings (SSSR count). The van der Waals surface area contributed by atoms with E-state index in [1.54, 1.807) is 0 Å². The Hall–Kier alpha value is -3.28. The average molecular weight is 380 g/mol. The number of nitrogens with zero attached hydrogens (tertiary/aromatic N) is 3. The highest BCUT2D eigenvalue weighted by molar-refractivity contribution is 5.70. The zero-order valence-corrected chi connectivity index (χ0v) is 14.6. The summed E-state index contributed by atoms with van der Waals surface area (Å²) in [5.41, 5.74) is -0.303. The van der Waals surface area contributed by atoms with E-state index >= 15 is 0 Å². The number of H-pyrrole nitrogens is 1. The normalized spacial score (nSPS) is 24.6. The number of ether oxygens (including phenoxy) is 4. The highest BCUT2D eigenvalue weighted by Crippen LogP contribution is 2.35. The van der Waals surface area contributed by atoms with Crippen LogP contribution in [0, 0.1) is 0 Å². The molecule has 3 heterocycles. The van der Waals surface area contributed by atoms with Gasteiger partial charge < -0.3 is 23.9 Å². The van der Waals surface area contributed by atoms with E-state index in [1.807, 2.05) is 0 Å². The molecule has 2 aromatic heterocycles. The first kappa shape index (κ1) is 18.5. The number of hydrogen-bond acceptors (Lipinski definition) is 10. The molecular formula is C15H16N4O8. The summed E-state index contributed by atoms with van der Waals surface area (Å²) in [4.78, 5) is 56.7. The van der Waals surface area contributed by atoms with Gasteiger partial charge in [0, 0.05) is 20.8 Å². The van der Waals surface area contributed by atoms with Gasteiger partial charge in [-0.1, -0.05) is 0 Å². The Morgan fingerprint density at radius 1 is 1.04 bits per heavy atom. The van der Waals surface area contributed by atoms with Crippen molar-refractivity contribution in [3.05, 3.63) is 23.0 Å². The molecule has 27 heavy (non-hydrogen) atoms. The van der Waals surface area contributed by atoms with E-state index in [0.717, 1.165) is 20.8 Å². The van der Waals surface area contributed by atoms with Crippen molar-refractivity contribution in [1.29, 1.82) is 0 Å². The number of hydrogen-bond donors (Lipinski definition) is 1. The van der Waals surface area contributed by atoms with Crippen molar-refractivity contribution < 1.29 is 33.3 Å². The summed E-state index contributed by atoms with van der Waals surface area (Å²) < 4.78 is 22.5. The van der Waals surface area contributed by atoms with E-state index < -0.39 is 48.2 Å². The van der Waals surface area contributed by atoms with Crippen molar-refractivity contribution in [3.63, 3.8) is 0 Å². The number of fused-ring (bicyclic) bond motifs is 1. The summed E-state index contributed by atoms with van der Waals surface area (Å²) in [6, 6.07) is 0. The molecule has 0 bridgehead atoms. The molecule has 0 amide bonds. The predicted molar refractivity (Wildman–Crippen MR) is 84.9 cm³/mol. The van der Waals surface area contributed by atoms with Gasteiger partial charge in [0.25, 0.3) is 5.56 Å². The molecular weight excluding hydrogens is 364 g/mol. The Bertz CT molecular complexity index is 951. The van der Waals surface area contributed by atoms with E-state index in [-0.39, 0.29) is 11.2 Å². The zero-order valence-electron chi connectivity index (χ0n) is 14.6. The first-order chi connectivity index (χ1) is 12.8. The summed E-state index contributed by atoms with van der Waals surface area (Å²) in [6.45, 7) is 3.46. The number of carbonyl (C=O) groups excluding carboxylic acids is 3. The van der Waals surface area contributed by atoms with Gasteiger partial charge in [0.2, 0.25) is 12.4 Å². The third-order valence-electron chi connectivity index (χ3n) is 3.67. The van der Waals surface area contributed by atoms with Crippen molar-refractivity contribution in [3.8, 4) is 0 Å². The van der Waals surface area contributed by atoms with Crippen molar-refractivity contribution >= 4 is 29.1 Å². The summed E-state index contributed by atoms with van der Waals surface area (Å²) in [6.07, 6.45) is -2.41. The van der Waals surface area contributed by atoms with Gasteiger partial charge in [-0.15, -0.1) is 0 Å². The van der Waals surface area contributed by atoms with E-state index in [0.29, 0.717) is 0 Å². The number of rotatable bonds is 4. The van der Waals surface area contributed by atoms with Crippen LogP contribution in [0.2, 0.25) is 0 Å². The van der Waals surface area contributed by atoms with Gasteiger partial charge in [0.15, 0.2) is 23.5 Å². The van der Waals surface area contributed by atoms with E-state index in [2.05, 4.69) is 15.0 Å². The third-order valence-corrected chi connectivity index (χ3v) is 3.67. The quantitative estimate of drug-likeness (QED) is 0.537. The van der Waals surface area contributed by atoms with Crippen LogP contribution >= 0.6 is 0 Å². The maximum absolute atomic E-state index is 11.8. The zero-order chi connectivity index (χ0) is 19.7. The van der Waals surface area contributed by atoms with Gasteiger partial charge in [-0.25, -0.2) is 9.97 Å². The monoisotopic (exact) mass is 380 g/mol. The minimum atomic E-state index is -1.33. The minimum Gasteiger partial charge on any atom is -0.453 e. The van der Waals surface area contributed by atoms with Crippen LogP contribution in [0.3, 0.4) is 0 Å². The van der Waals surface area contributed by atoms with Crippen LogP contribution in [0.15, 0.2) is 17.4 Å². The van der Waals surface area contributed by atoms with Gasteiger partial charge in [-0.2, -0.15) is 0 Å². The Morgan fingerprint density at radius 3 is 2.30 bits per heavy atom. The van der Waals surface area contributed by atoms with Crippen LogP contribution in [0.25, 0.3) is 11.2 Å². The second-order valence-electron chi connectivity index (χ2n) is 5.71. The molecule has 1 saturated heterocycles. The number of aromatic amines is 1. The maximum Gasteiger partial charge on any atom is 0.305 e. The van der Waals surface area contributed by atoms with Crippen LogP contribution in [-0.4, -0.2) is 55.9 Å². The SMILES string of the molecule is CC(=O)O[C@@H]1O[C@H](n2cnc3c(=O)[nH]cnc32)[C@@H](OC(C)=O)[C@H]1OC(C)=O. The molecule has 12 nitrogen and oxygen atoms in total. The molecule has 1 aliphatic rings. The Balaban J connectivity index is 2.06. The Morgan fingerprint density at radius 2 is 1.67 bits per heavy atom. The number of esters is 3. The van der Waals surface area contributed by atoms with Crippen molar-refractivity contribution in [2.24, 2.45) is 0 Å². The molecule has 0 unspecified atom stereocenters. The van der Waals surface area contributed by atoms with E-state index in [1.165, 1.54) is 17.2 Å². The first-order valence-electron chi connectivity index (χ1n) is 7.85. The highest BCUT2D eigenvalue weighted by atomic mass is 16.8. The molecule has 0 radical (unpaired) electrons. The number of nitrogens with one attached hydrogen (secondary N) is 1. The molecule has 1 N–H and O–H groups in total. The van der Waals surface area contributed by atoms with E-state index in [4.69, 9.17) is 18.9 Å². The van der Waals surface area contributed by atoms with Gasteiger partial charge in [0.05, 0.1) is 12.7 Å². The van der Waals surface area contributed by atoms with Gasteiger partial charge in [0.1, 0.15) is 0 Å². The van der Waals surface area contributed by atoms with Gasteiger partial charge in [-0.05, 0) is 0 Å². The molecule has 0 aromatic carbocycles. The van der Waals surface area contributed by atoms with Crippen LogP contribution in [-0.2, 0) is 33.3 Å². The van der Waals surface area contributed by atoms with Crippen LogP contribution in [0.4, 0.5) is 0 Å². The molecule has 0 aliphatic carbocycles. The van der Waals surface area contributed by atoms with Crippen LogP contribution in [0.5, 0.6) is 0 Å². The number of aromatic nitrogens is 4. The van der Waals surface area contributed by atoms with Crippen molar-refractivity contribution in [1.82, 2.24) is 19.5 Å². The Kier molecular flexibility index (Phi) is 4.90. The molecule has 0 spiro atoms. The van der Waals surface area contributed by atoms with Gasteiger partial charge in [-0.3, -0.25) is 23.7 Å². The van der Waals surface area contributed by atoms with Crippen molar-refractivity contribution in [2.45, 2.75) is 45.5 Å². The molecule has 4 atom stereocenters. The lowest BCUT2D eigenvalue weighted by Crippen LogP contribution is -2.40. The smallest absolute Gasteiger partial charge is 0.305 e. The minimum absolute atomic E-state index is 0.0302. The maximum atomic E-state index is 11.8. The highest BCUT2D eigenvalue weighted by Gasteiger charge is 2.52. The first-order valence-corrected chi connectivity index (χ1v) is 7.85. The predicted octanol–water partition coefficient (Wildman–Crippen LogP) is -0.599. The van der Waals surface area contributed by atoms with Crippen LogP contribution < -0.4 is 5.56 Å². The summed E-state index contributed by atoms with van der Waals surface area (Å²) in [5.74, 6) is -2.06. The molecule has 144 valence electrons.